The summed E-state index contributed by atoms with van der Waals surface area (Å²) in [5.41, 5.74) is 0.921. The van der Waals surface area contributed by atoms with E-state index in [0.717, 1.165) is 16.3 Å². The number of phenols is 1. The van der Waals surface area contributed by atoms with Crippen molar-refractivity contribution in [2.24, 2.45) is 0 Å². The fourth-order valence-electron chi connectivity index (χ4n) is 3.11. The van der Waals surface area contributed by atoms with E-state index >= 15 is 0 Å². The molecule has 4 nitrogen and oxygen atoms in total. The van der Waals surface area contributed by atoms with E-state index in [4.69, 9.17) is 0 Å². The third-order valence-corrected chi connectivity index (χ3v) is 5.87. The Kier molecular flexibility index (Phi) is 4.11. The molecule has 0 atom stereocenters. The second-order valence-corrected chi connectivity index (χ2v) is 7.89. The van der Waals surface area contributed by atoms with E-state index in [9.17, 15) is 13.5 Å². The normalized spacial score (nSPS) is 11.8. The molecule has 0 unspecified atom stereocenters. The highest BCUT2D eigenvalue weighted by Gasteiger charge is 2.15. The molecule has 4 aromatic carbocycles. The second-order valence-electron chi connectivity index (χ2n) is 6.12. The summed E-state index contributed by atoms with van der Waals surface area (Å²) in [6, 6.07) is 23.5. The molecule has 0 fully saturated rings. The SMILES string of the molecule is O=S(=O)(NCc1cccc2ccccc12)c1ccc2c(O)cccc2c1. The molecular weight excluding hydrogens is 346 g/mol. The molecule has 0 radical (unpaired) electrons. The summed E-state index contributed by atoms with van der Waals surface area (Å²) in [5, 5.41) is 13.3. The van der Waals surface area contributed by atoms with Crippen molar-refractivity contribution in [3.05, 3.63) is 84.4 Å². The summed E-state index contributed by atoms with van der Waals surface area (Å²) in [4.78, 5) is 0.177. The number of hydrogen-bond donors (Lipinski definition) is 2. The fraction of sp³-hybridized carbons (Fsp3) is 0.0476. The summed E-state index contributed by atoms with van der Waals surface area (Å²) in [5.74, 6) is 0.134. The van der Waals surface area contributed by atoms with Crippen LogP contribution < -0.4 is 4.72 Å². The van der Waals surface area contributed by atoms with Crippen LogP contribution in [0, 0.1) is 0 Å². The minimum absolute atomic E-state index is 0.134. The molecule has 0 aromatic heterocycles. The molecule has 0 saturated heterocycles. The largest absolute Gasteiger partial charge is 0.507 e. The molecule has 0 aliphatic carbocycles. The highest BCUT2D eigenvalue weighted by Crippen LogP contribution is 2.26. The summed E-state index contributed by atoms with van der Waals surface area (Å²) < 4.78 is 28.1. The number of hydrogen-bond acceptors (Lipinski definition) is 3. The zero-order valence-corrected chi connectivity index (χ0v) is 14.7. The van der Waals surface area contributed by atoms with Crippen molar-refractivity contribution < 1.29 is 13.5 Å². The molecule has 2 N–H and O–H groups in total. The number of rotatable bonds is 4. The number of aromatic hydroxyl groups is 1. The van der Waals surface area contributed by atoms with Gasteiger partial charge in [0.25, 0.3) is 0 Å². The van der Waals surface area contributed by atoms with Gasteiger partial charge in [0.1, 0.15) is 5.75 Å². The van der Waals surface area contributed by atoms with E-state index in [1.165, 1.54) is 6.07 Å². The average molecular weight is 363 g/mol. The van der Waals surface area contributed by atoms with Gasteiger partial charge < -0.3 is 5.11 Å². The topological polar surface area (TPSA) is 66.4 Å². The first-order valence-corrected chi connectivity index (χ1v) is 9.71. The molecule has 0 spiro atoms. The third-order valence-electron chi connectivity index (χ3n) is 4.47. The van der Waals surface area contributed by atoms with E-state index in [-0.39, 0.29) is 17.2 Å². The maximum Gasteiger partial charge on any atom is 0.240 e. The zero-order chi connectivity index (χ0) is 18.1. The van der Waals surface area contributed by atoms with E-state index in [1.807, 2.05) is 42.5 Å². The van der Waals surface area contributed by atoms with Crippen LogP contribution in [0.4, 0.5) is 0 Å². The standard InChI is InChI=1S/C21H17NO3S/c23-21-10-4-7-16-13-18(11-12-20(16)21)26(24,25)22-14-17-8-3-6-15-5-1-2-9-19(15)17/h1-13,22-23H,14H2. The van der Waals surface area contributed by atoms with Crippen molar-refractivity contribution in [1.29, 1.82) is 0 Å². The first-order chi connectivity index (χ1) is 12.5. The first kappa shape index (κ1) is 16.6. The molecule has 0 heterocycles. The maximum absolute atomic E-state index is 12.7. The number of fused-ring (bicyclic) bond motifs is 2. The van der Waals surface area contributed by atoms with Crippen LogP contribution in [0.25, 0.3) is 21.5 Å². The van der Waals surface area contributed by atoms with E-state index in [1.54, 1.807) is 30.3 Å². The molecule has 0 aliphatic heterocycles. The van der Waals surface area contributed by atoms with Gasteiger partial charge in [0, 0.05) is 11.9 Å². The lowest BCUT2D eigenvalue weighted by Crippen LogP contribution is -2.23. The Bertz CT molecular complexity index is 1210. The van der Waals surface area contributed by atoms with Gasteiger partial charge in [-0.05, 0) is 46.0 Å². The molecule has 26 heavy (non-hydrogen) atoms. The fourth-order valence-corrected chi connectivity index (χ4v) is 4.16. The predicted octanol–water partition coefficient (Wildman–Crippen LogP) is 4.18. The molecule has 4 rings (SSSR count). The zero-order valence-electron chi connectivity index (χ0n) is 13.9. The number of phenolic OH excluding ortho intramolecular Hbond substituents is 1. The minimum atomic E-state index is -3.66. The second kappa shape index (κ2) is 6.44. The summed E-state index contributed by atoms with van der Waals surface area (Å²) in [6.45, 7) is 0.210. The Morgan fingerprint density at radius 3 is 2.38 bits per heavy atom. The molecule has 4 aromatic rings. The van der Waals surface area contributed by atoms with Gasteiger partial charge in [-0.15, -0.1) is 0 Å². The van der Waals surface area contributed by atoms with Gasteiger partial charge in [0.15, 0.2) is 0 Å². The molecule has 0 bridgehead atoms. The van der Waals surface area contributed by atoms with Gasteiger partial charge in [-0.2, -0.15) is 0 Å². The first-order valence-electron chi connectivity index (χ1n) is 8.23. The van der Waals surface area contributed by atoms with Gasteiger partial charge >= 0.3 is 0 Å². The Labute approximate surface area is 151 Å². The van der Waals surface area contributed by atoms with Crippen molar-refractivity contribution in [1.82, 2.24) is 4.72 Å². The minimum Gasteiger partial charge on any atom is -0.507 e. The number of benzene rings is 4. The molecular formula is C21H17NO3S. The van der Waals surface area contributed by atoms with Crippen molar-refractivity contribution in [3.63, 3.8) is 0 Å². The Morgan fingerprint density at radius 1 is 0.769 bits per heavy atom. The van der Waals surface area contributed by atoms with Crippen LogP contribution in [-0.2, 0) is 16.6 Å². The monoisotopic (exact) mass is 363 g/mol. The Morgan fingerprint density at radius 2 is 1.50 bits per heavy atom. The highest BCUT2D eigenvalue weighted by molar-refractivity contribution is 7.89. The van der Waals surface area contributed by atoms with Crippen LogP contribution in [0.3, 0.4) is 0 Å². The van der Waals surface area contributed by atoms with Crippen LogP contribution in [0.1, 0.15) is 5.56 Å². The van der Waals surface area contributed by atoms with Crippen molar-refractivity contribution >= 4 is 31.6 Å². The molecule has 0 saturated carbocycles. The van der Waals surface area contributed by atoms with Crippen molar-refractivity contribution in [2.45, 2.75) is 11.4 Å². The maximum atomic E-state index is 12.7. The van der Waals surface area contributed by atoms with Gasteiger partial charge in [-0.25, -0.2) is 13.1 Å². The van der Waals surface area contributed by atoms with Crippen molar-refractivity contribution in [2.75, 3.05) is 0 Å². The van der Waals surface area contributed by atoms with Gasteiger partial charge in [-0.3, -0.25) is 0 Å². The van der Waals surface area contributed by atoms with Gasteiger partial charge in [0.05, 0.1) is 4.90 Å². The van der Waals surface area contributed by atoms with E-state index in [2.05, 4.69) is 4.72 Å². The molecule has 130 valence electrons. The highest BCUT2D eigenvalue weighted by atomic mass is 32.2. The van der Waals surface area contributed by atoms with E-state index in [0.29, 0.717) is 10.8 Å². The van der Waals surface area contributed by atoms with Crippen LogP contribution in [0.2, 0.25) is 0 Å². The van der Waals surface area contributed by atoms with Crippen molar-refractivity contribution in [3.8, 4) is 5.75 Å². The van der Waals surface area contributed by atoms with Crippen LogP contribution >= 0.6 is 0 Å². The lowest BCUT2D eigenvalue weighted by Gasteiger charge is -2.10. The lowest BCUT2D eigenvalue weighted by molar-refractivity contribution is 0.481. The molecule has 5 heteroatoms. The Hall–Kier alpha value is -2.89. The summed E-state index contributed by atoms with van der Waals surface area (Å²) in [7, 11) is -3.66. The smallest absolute Gasteiger partial charge is 0.240 e. The summed E-state index contributed by atoms with van der Waals surface area (Å²) >= 11 is 0. The van der Waals surface area contributed by atoms with Crippen LogP contribution in [0.15, 0.2) is 83.8 Å². The average Bonchev–Trinajstić information content (AvgIpc) is 2.66. The third kappa shape index (κ3) is 3.03. The Balaban J connectivity index is 1.65. The number of sulfonamides is 1. The van der Waals surface area contributed by atoms with Gasteiger partial charge in [0.2, 0.25) is 10.0 Å². The summed E-state index contributed by atoms with van der Waals surface area (Å²) in [6.07, 6.45) is 0. The van der Waals surface area contributed by atoms with Crippen LogP contribution in [0.5, 0.6) is 5.75 Å². The van der Waals surface area contributed by atoms with E-state index < -0.39 is 10.0 Å². The number of nitrogens with one attached hydrogen (secondary N) is 1. The quantitative estimate of drug-likeness (QED) is 0.572. The lowest BCUT2D eigenvalue weighted by atomic mass is 10.1. The van der Waals surface area contributed by atoms with Gasteiger partial charge in [-0.1, -0.05) is 54.6 Å². The van der Waals surface area contributed by atoms with Crippen LogP contribution in [-0.4, -0.2) is 13.5 Å². The molecule has 0 amide bonds. The predicted molar refractivity (Wildman–Crippen MR) is 104 cm³/mol. The molecule has 0 aliphatic rings.